The third-order valence-corrected chi connectivity index (χ3v) is 5.65. The van der Waals surface area contributed by atoms with Gasteiger partial charge in [0.25, 0.3) is 5.91 Å². The van der Waals surface area contributed by atoms with Crippen LogP contribution in [0.15, 0.2) is 54.6 Å². The SMILES string of the molecule is CC(C)[C@@H]1CCCN1C(=O)c1cc2ccccc2n1Cc1ccccc1F. The van der Waals surface area contributed by atoms with Crippen molar-refractivity contribution in [3.05, 3.63) is 71.7 Å². The van der Waals surface area contributed by atoms with E-state index < -0.39 is 0 Å². The number of fused-ring (bicyclic) bond motifs is 1. The Morgan fingerprint density at radius 3 is 2.67 bits per heavy atom. The highest BCUT2D eigenvalue weighted by atomic mass is 19.1. The van der Waals surface area contributed by atoms with Gasteiger partial charge in [0, 0.05) is 29.1 Å². The number of benzene rings is 2. The van der Waals surface area contributed by atoms with Crippen molar-refractivity contribution >= 4 is 16.8 Å². The third-order valence-electron chi connectivity index (χ3n) is 5.65. The van der Waals surface area contributed by atoms with Crippen LogP contribution in [0.4, 0.5) is 4.39 Å². The van der Waals surface area contributed by atoms with Gasteiger partial charge in [0.15, 0.2) is 0 Å². The summed E-state index contributed by atoms with van der Waals surface area (Å²) in [5.41, 5.74) is 2.20. The van der Waals surface area contributed by atoms with Crippen LogP contribution in [-0.4, -0.2) is 28.0 Å². The van der Waals surface area contributed by atoms with Crippen molar-refractivity contribution < 1.29 is 9.18 Å². The number of para-hydroxylation sites is 1. The van der Waals surface area contributed by atoms with Crippen LogP contribution in [0.2, 0.25) is 0 Å². The maximum atomic E-state index is 14.3. The van der Waals surface area contributed by atoms with Crippen LogP contribution >= 0.6 is 0 Å². The molecule has 0 spiro atoms. The summed E-state index contributed by atoms with van der Waals surface area (Å²) in [4.78, 5) is 15.4. The number of aromatic nitrogens is 1. The smallest absolute Gasteiger partial charge is 0.270 e. The summed E-state index contributed by atoms with van der Waals surface area (Å²) in [6, 6.07) is 16.9. The van der Waals surface area contributed by atoms with Crippen LogP contribution in [-0.2, 0) is 6.54 Å². The standard InChI is InChI=1S/C23H25FN2O/c1-16(2)20-12-7-13-25(20)23(27)22-14-17-8-4-6-11-21(17)26(22)15-18-9-3-5-10-19(18)24/h3-6,8-11,14,16,20H,7,12-13,15H2,1-2H3/t20-/m0/s1. The number of carbonyl (C=O) groups excluding carboxylic acids is 1. The minimum atomic E-state index is -0.241. The minimum Gasteiger partial charge on any atom is -0.334 e. The maximum absolute atomic E-state index is 14.3. The monoisotopic (exact) mass is 364 g/mol. The summed E-state index contributed by atoms with van der Waals surface area (Å²) >= 11 is 0. The molecule has 3 nitrogen and oxygen atoms in total. The van der Waals surface area contributed by atoms with E-state index in [2.05, 4.69) is 13.8 Å². The number of halogens is 1. The molecule has 0 N–H and O–H groups in total. The highest BCUT2D eigenvalue weighted by Gasteiger charge is 2.33. The molecule has 27 heavy (non-hydrogen) atoms. The van der Waals surface area contributed by atoms with Gasteiger partial charge in [-0.2, -0.15) is 0 Å². The molecule has 2 heterocycles. The van der Waals surface area contributed by atoms with Gasteiger partial charge < -0.3 is 9.47 Å². The fraction of sp³-hybridized carbons (Fsp3) is 0.348. The Morgan fingerprint density at radius 2 is 1.89 bits per heavy atom. The Bertz CT molecular complexity index is 975. The zero-order valence-electron chi connectivity index (χ0n) is 15.9. The molecule has 4 rings (SSSR count). The topological polar surface area (TPSA) is 25.2 Å². The van der Waals surface area contributed by atoms with Crippen LogP contribution in [0.25, 0.3) is 10.9 Å². The molecule has 140 valence electrons. The summed E-state index contributed by atoms with van der Waals surface area (Å²) in [6.07, 6.45) is 2.10. The van der Waals surface area contributed by atoms with Gasteiger partial charge in [0.1, 0.15) is 11.5 Å². The number of likely N-dealkylation sites (tertiary alicyclic amines) is 1. The summed E-state index contributed by atoms with van der Waals surface area (Å²) < 4.78 is 16.2. The minimum absolute atomic E-state index is 0.0544. The summed E-state index contributed by atoms with van der Waals surface area (Å²) in [7, 11) is 0. The fourth-order valence-electron chi connectivity index (χ4n) is 4.24. The largest absolute Gasteiger partial charge is 0.334 e. The fourth-order valence-corrected chi connectivity index (χ4v) is 4.24. The molecule has 1 aliphatic heterocycles. The molecule has 0 saturated carbocycles. The molecule has 1 fully saturated rings. The Kier molecular flexibility index (Phi) is 4.73. The van der Waals surface area contributed by atoms with E-state index in [1.165, 1.54) is 6.07 Å². The van der Waals surface area contributed by atoms with Crippen molar-refractivity contribution in [3.8, 4) is 0 Å². The molecule has 2 aromatic carbocycles. The van der Waals surface area contributed by atoms with Crippen molar-refractivity contribution in [1.29, 1.82) is 0 Å². The van der Waals surface area contributed by atoms with Crippen molar-refractivity contribution in [1.82, 2.24) is 9.47 Å². The zero-order valence-corrected chi connectivity index (χ0v) is 15.9. The lowest BCUT2D eigenvalue weighted by Gasteiger charge is -2.28. The molecule has 1 atom stereocenters. The lowest BCUT2D eigenvalue weighted by Crippen LogP contribution is -2.39. The van der Waals surface area contributed by atoms with Crippen molar-refractivity contribution in [2.45, 2.75) is 39.3 Å². The van der Waals surface area contributed by atoms with Crippen LogP contribution in [0.1, 0.15) is 42.7 Å². The second-order valence-electron chi connectivity index (χ2n) is 7.72. The molecule has 1 saturated heterocycles. The van der Waals surface area contributed by atoms with E-state index in [9.17, 15) is 9.18 Å². The van der Waals surface area contributed by atoms with E-state index in [1.54, 1.807) is 12.1 Å². The van der Waals surface area contributed by atoms with E-state index in [0.29, 0.717) is 23.7 Å². The van der Waals surface area contributed by atoms with E-state index in [4.69, 9.17) is 0 Å². The highest BCUT2D eigenvalue weighted by Crippen LogP contribution is 2.28. The van der Waals surface area contributed by atoms with Gasteiger partial charge in [-0.15, -0.1) is 0 Å². The molecule has 0 unspecified atom stereocenters. The summed E-state index contributed by atoms with van der Waals surface area (Å²) in [6.45, 7) is 5.49. The summed E-state index contributed by atoms with van der Waals surface area (Å²) in [5, 5.41) is 1.01. The predicted octanol–water partition coefficient (Wildman–Crippen LogP) is 5.09. The zero-order chi connectivity index (χ0) is 19.0. The molecule has 3 aromatic rings. The van der Waals surface area contributed by atoms with E-state index in [0.717, 1.165) is 30.3 Å². The van der Waals surface area contributed by atoms with Crippen molar-refractivity contribution in [2.75, 3.05) is 6.54 Å². The van der Waals surface area contributed by atoms with Crippen LogP contribution in [0, 0.1) is 11.7 Å². The average molecular weight is 364 g/mol. The highest BCUT2D eigenvalue weighted by molar-refractivity contribution is 5.99. The predicted molar refractivity (Wildman–Crippen MR) is 106 cm³/mol. The number of hydrogen-bond donors (Lipinski definition) is 0. The van der Waals surface area contributed by atoms with Crippen molar-refractivity contribution in [3.63, 3.8) is 0 Å². The third kappa shape index (κ3) is 3.25. The lowest BCUT2D eigenvalue weighted by atomic mass is 10.0. The molecule has 1 aromatic heterocycles. The number of nitrogens with zero attached hydrogens (tertiary/aromatic N) is 2. The second kappa shape index (κ2) is 7.18. The van der Waals surface area contributed by atoms with Gasteiger partial charge in [-0.1, -0.05) is 50.2 Å². The van der Waals surface area contributed by atoms with Crippen LogP contribution in [0.3, 0.4) is 0 Å². The van der Waals surface area contributed by atoms with Gasteiger partial charge in [-0.25, -0.2) is 4.39 Å². The van der Waals surface area contributed by atoms with E-state index >= 15 is 0 Å². The molecule has 1 amide bonds. The maximum Gasteiger partial charge on any atom is 0.270 e. The van der Waals surface area contributed by atoms with E-state index in [1.807, 2.05) is 45.9 Å². The number of rotatable bonds is 4. The van der Waals surface area contributed by atoms with E-state index in [-0.39, 0.29) is 17.8 Å². The first-order valence-electron chi connectivity index (χ1n) is 9.69. The van der Waals surface area contributed by atoms with Crippen LogP contribution < -0.4 is 0 Å². The summed E-state index contributed by atoms with van der Waals surface area (Å²) in [5.74, 6) is 0.245. The number of amides is 1. The Hall–Kier alpha value is -2.62. The normalized spacial score (nSPS) is 17.2. The first-order chi connectivity index (χ1) is 13.1. The van der Waals surface area contributed by atoms with Gasteiger partial charge in [0.2, 0.25) is 0 Å². The molecule has 0 bridgehead atoms. The Labute approximate surface area is 159 Å². The molecule has 4 heteroatoms. The number of carbonyl (C=O) groups is 1. The van der Waals surface area contributed by atoms with Crippen molar-refractivity contribution in [2.24, 2.45) is 5.92 Å². The first kappa shape index (κ1) is 17.8. The molecular formula is C23H25FN2O. The first-order valence-corrected chi connectivity index (χ1v) is 9.69. The molecule has 1 aliphatic rings. The number of hydrogen-bond acceptors (Lipinski definition) is 1. The Balaban J connectivity index is 1.78. The quantitative estimate of drug-likeness (QED) is 0.633. The second-order valence-corrected chi connectivity index (χ2v) is 7.72. The van der Waals surface area contributed by atoms with Gasteiger partial charge in [-0.3, -0.25) is 4.79 Å². The van der Waals surface area contributed by atoms with Crippen LogP contribution in [0.5, 0.6) is 0 Å². The lowest BCUT2D eigenvalue weighted by molar-refractivity contribution is 0.0691. The van der Waals surface area contributed by atoms with Gasteiger partial charge >= 0.3 is 0 Å². The average Bonchev–Trinajstić information content (AvgIpc) is 3.29. The van der Waals surface area contributed by atoms with Gasteiger partial charge in [-0.05, 0) is 37.0 Å². The molecule has 0 aliphatic carbocycles. The molecular weight excluding hydrogens is 339 g/mol. The van der Waals surface area contributed by atoms with Gasteiger partial charge in [0.05, 0.1) is 6.54 Å². The molecule has 0 radical (unpaired) electrons. The Morgan fingerprint density at radius 1 is 1.15 bits per heavy atom.